The van der Waals surface area contributed by atoms with Crippen molar-refractivity contribution in [1.82, 2.24) is 10.0 Å². The fourth-order valence-electron chi connectivity index (χ4n) is 3.73. The van der Waals surface area contributed by atoms with Crippen molar-refractivity contribution in [1.29, 1.82) is 0 Å². The summed E-state index contributed by atoms with van der Waals surface area (Å²) < 4.78 is 0. The molecule has 0 N–H and O–H groups in total. The van der Waals surface area contributed by atoms with Gasteiger partial charge in [0.1, 0.15) is 0 Å². The Balaban J connectivity index is 1.25. The summed E-state index contributed by atoms with van der Waals surface area (Å²) in [6, 6.07) is 14.4. The van der Waals surface area contributed by atoms with E-state index in [9.17, 15) is 9.59 Å². The number of hydrazine groups is 1. The first-order chi connectivity index (χ1) is 16.2. The molecule has 1 saturated heterocycles. The monoisotopic (exact) mass is 494 g/mol. The Labute approximate surface area is 207 Å². The van der Waals surface area contributed by atoms with Crippen molar-refractivity contribution in [2.75, 3.05) is 25.4 Å². The lowest BCUT2D eigenvalue weighted by Crippen LogP contribution is -2.50. The van der Waals surface area contributed by atoms with Crippen molar-refractivity contribution in [3.05, 3.63) is 79.7 Å². The Hall–Kier alpha value is -2.37. The number of hydrogen-bond acceptors (Lipinski definition) is 6. The summed E-state index contributed by atoms with van der Waals surface area (Å²) in [6.07, 6.45) is 4.78. The van der Waals surface area contributed by atoms with E-state index in [4.69, 9.17) is 0 Å². The average molecular weight is 495 g/mol. The number of carbonyl (C=O) groups excluding carboxylic acids is 2. The molecule has 2 aromatic heterocycles. The third-order valence-corrected chi connectivity index (χ3v) is 8.02. The molecule has 1 aromatic carbocycles. The van der Waals surface area contributed by atoms with E-state index in [2.05, 4.69) is 46.5 Å². The van der Waals surface area contributed by atoms with E-state index in [1.807, 2.05) is 28.6 Å². The van der Waals surface area contributed by atoms with Gasteiger partial charge in [0.15, 0.2) is 6.29 Å². The fraction of sp³-hybridized carbons (Fsp3) is 0.308. The zero-order valence-corrected chi connectivity index (χ0v) is 20.8. The van der Waals surface area contributed by atoms with Crippen molar-refractivity contribution >= 4 is 46.0 Å². The highest BCUT2D eigenvalue weighted by atomic mass is 32.2. The lowest BCUT2D eigenvalue weighted by molar-refractivity contribution is 0.0270. The molecule has 3 heterocycles. The summed E-state index contributed by atoms with van der Waals surface area (Å²) in [6.45, 7) is 2.44. The van der Waals surface area contributed by atoms with Crippen LogP contribution in [0.3, 0.4) is 0 Å². The van der Waals surface area contributed by atoms with Crippen molar-refractivity contribution < 1.29 is 9.59 Å². The molecule has 0 spiro atoms. The maximum Gasteiger partial charge on any atom is 0.296 e. The molecule has 170 valence electrons. The third-order valence-electron chi connectivity index (χ3n) is 5.43. The maximum absolute atomic E-state index is 12.5. The minimum Gasteiger partial charge on any atom is -0.297 e. The maximum atomic E-state index is 12.5. The van der Waals surface area contributed by atoms with Crippen LogP contribution in [0.4, 0.5) is 4.79 Å². The molecule has 1 amide bonds. The van der Waals surface area contributed by atoms with Crippen LogP contribution in [0.15, 0.2) is 53.2 Å². The first-order valence-electron chi connectivity index (χ1n) is 11.1. The van der Waals surface area contributed by atoms with E-state index < -0.39 is 0 Å². The van der Waals surface area contributed by atoms with E-state index in [0.29, 0.717) is 6.54 Å². The lowest BCUT2D eigenvalue weighted by atomic mass is 10.1. The highest BCUT2D eigenvalue weighted by Crippen LogP contribution is 2.22. The molecule has 33 heavy (non-hydrogen) atoms. The van der Waals surface area contributed by atoms with Gasteiger partial charge in [-0.25, -0.2) is 5.01 Å². The third kappa shape index (κ3) is 7.05. The van der Waals surface area contributed by atoms with Gasteiger partial charge in [0.25, 0.3) is 5.24 Å². The second kappa shape index (κ2) is 12.2. The van der Waals surface area contributed by atoms with Crippen LogP contribution in [0.25, 0.3) is 0 Å². The molecule has 4 nitrogen and oxygen atoms in total. The predicted octanol–water partition coefficient (Wildman–Crippen LogP) is 5.97. The van der Waals surface area contributed by atoms with E-state index in [1.165, 1.54) is 28.7 Å². The second-order valence-electron chi connectivity index (χ2n) is 7.78. The van der Waals surface area contributed by atoms with Crippen molar-refractivity contribution in [2.45, 2.75) is 25.7 Å². The zero-order valence-electron chi connectivity index (χ0n) is 18.4. The number of unbranched alkanes of at least 4 members (excludes halogenated alkanes) is 1. The normalized spacial score (nSPS) is 14.2. The molecule has 3 aromatic rings. The van der Waals surface area contributed by atoms with Crippen LogP contribution in [0.5, 0.6) is 0 Å². The van der Waals surface area contributed by atoms with Gasteiger partial charge in [-0.15, -0.1) is 11.3 Å². The number of aldehydes is 1. The molecule has 1 aliphatic rings. The minimum absolute atomic E-state index is 0.130. The molecule has 7 heteroatoms. The average Bonchev–Trinajstić information content (AvgIpc) is 3.52. The predicted molar refractivity (Wildman–Crippen MR) is 139 cm³/mol. The Bertz CT molecular complexity index is 1130. The van der Waals surface area contributed by atoms with Gasteiger partial charge in [0.05, 0.1) is 4.88 Å². The van der Waals surface area contributed by atoms with Crippen LogP contribution in [0.2, 0.25) is 0 Å². The Kier molecular flexibility index (Phi) is 8.79. The number of thiophene rings is 2. The molecular weight excluding hydrogens is 468 g/mol. The summed E-state index contributed by atoms with van der Waals surface area (Å²) in [4.78, 5) is 25.3. The van der Waals surface area contributed by atoms with Crippen molar-refractivity contribution in [3.63, 3.8) is 0 Å². The van der Waals surface area contributed by atoms with Crippen molar-refractivity contribution in [3.8, 4) is 11.8 Å². The minimum atomic E-state index is 0.130. The van der Waals surface area contributed by atoms with E-state index in [-0.39, 0.29) is 5.24 Å². The lowest BCUT2D eigenvalue weighted by Gasteiger charge is -2.38. The standard InChI is InChI=1S/C26H26N2O2S3/c29-19-25-10-9-24(33-25)11-14-28-26(30)32-17-15-27(28)13-2-1-4-21-5-3-6-22(18-21)7-8-23-12-16-31-20-23/h3,5-6,9-10,12,16,18-20H,1-2,4,11,13-15,17H2. The summed E-state index contributed by atoms with van der Waals surface area (Å²) >= 11 is 4.57. The summed E-state index contributed by atoms with van der Waals surface area (Å²) in [7, 11) is 0. The van der Waals surface area contributed by atoms with Gasteiger partial charge in [-0.05, 0) is 60.5 Å². The van der Waals surface area contributed by atoms with Crippen LogP contribution in [0, 0.1) is 11.8 Å². The topological polar surface area (TPSA) is 40.6 Å². The Morgan fingerprint density at radius 3 is 2.73 bits per heavy atom. The van der Waals surface area contributed by atoms with Crippen molar-refractivity contribution in [2.24, 2.45) is 0 Å². The fourth-order valence-corrected chi connectivity index (χ4v) is 5.97. The van der Waals surface area contributed by atoms with E-state index in [0.717, 1.165) is 71.7 Å². The molecule has 0 unspecified atom stereocenters. The largest absolute Gasteiger partial charge is 0.297 e. The molecular formula is C26H26N2O2S3. The SMILES string of the molecule is O=Cc1ccc(CCN2C(=O)SCCN2CCCCc2cccc(C#Cc3ccsc3)c2)s1. The highest BCUT2D eigenvalue weighted by molar-refractivity contribution is 8.13. The quantitative estimate of drug-likeness (QED) is 0.209. The van der Waals surface area contributed by atoms with Crippen LogP contribution >= 0.6 is 34.4 Å². The Morgan fingerprint density at radius 1 is 1.00 bits per heavy atom. The smallest absolute Gasteiger partial charge is 0.296 e. The van der Waals surface area contributed by atoms with Gasteiger partial charge >= 0.3 is 0 Å². The van der Waals surface area contributed by atoms with Gasteiger partial charge in [-0.1, -0.05) is 35.7 Å². The van der Waals surface area contributed by atoms with Crippen LogP contribution in [-0.4, -0.2) is 46.9 Å². The van der Waals surface area contributed by atoms with E-state index in [1.54, 1.807) is 11.3 Å². The number of benzene rings is 1. The van der Waals surface area contributed by atoms with E-state index >= 15 is 0 Å². The zero-order chi connectivity index (χ0) is 22.9. The van der Waals surface area contributed by atoms with Gasteiger partial charge in [0.2, 0.25) is 0 Å². The first-order valence-corrected chi connectivity index (χ1v) is 13.8. The van der Waals surface area contributed by atoms with Crippen LogP contribution < -0.4 is 0 Å². The number of aryl methyl sites for hydroxylation is 1. The number of carbonyl (C=O) groups is 2. The summed E-state index contributed by atoms with van der Waals surface area (Å²) in [5, 5.41) is 8.34. The second-order valence-corrected chi connectivity index (χ2v) is 10.8. The molecule has 0 saturated carbocycles. The van der Waals surface area contributed by atoms with Gasteiger partial charge in [-0.3, -0.25) is 14.6 Å². The number of hydrogen-bond donors (Lipinski definition) is 0. The molecule has 0 atom stereocenters. The molecule has 1 fully saturated rings. The highest BCUT2D eigenvalue weighted by Gasteiger charge is 2.26. The molecule has 1 aliphatic heterocycles. The summed E-state index contributed by atoms with van der Waals surface area (Å²) in [5.41, 5.74) is 3.42. The first kappa shape index (κ1) is 23.8. The van der Waals surface area contributed by atoms with Gasteiger partial charge in [0, 0.05) is 53.2 Å². The number of amides is 1. The number of thioether (sulfide) groups is 1. The number of rotatable bonds is 9. The number of nitrogens with zero attached hydrogens (tertiary/aromatic N) is 2. The molecule has 4 rings (SSSR count). The molecule has 0 aliphatic carbocycles. The van der Waals surface area contributed by atoms with Crippen LogP contribution in [-0.2, 0) is 12.8 Å². The van der Waals surface area contributed by atoms with Crippen LogP contribution in [0.1, 0.15) is 44.1 Å². The summed E-state index contributed by atoms with van der Waals surface area (Å²) in [5.74, 6) is 7.31. The molecule has 0 bridgehead atoms. The van der Waals surface area contributed by atoms with Gasteiger partial charge < -0.3 is 0 Å². The molecule has 0 radical (unpaired) electrons. The Morgan fingerprint density at radius 2 is 1.91 bits per heavy atom. The van der Waals surface area contributed by atoms with Gasteiger partial charge in [-0.2, -0.15) is 11.3 Å².